The minimum absolute atomic E-state index is 0.179. The smallest absolute Gasteiger partial charge is 0.338 e. The summed E-state index contributed by atoms with van der Waals surface area (Å²) in [5.74, 6) is -0.254. The number of rotatable bonds is 8. The quantitative estimate of drug-likeness (QED) is 0.125. The van der Waals surface area contributed by atoms with Crippen LogP contribution in [0.15, 0.2) is 117 Å². The van der Waals surface area contributed by atoms with Crippen LogP contribution >= 0.6 is 49.9 Å². The number of carbonyl (C=O) groups excluding carboxylic acids is 1. The zero-order valence-electron chi connectivity index (χ0n) is 23.9. The van der Waals surface area contributed by atoms with E-state index in [-0.39, 0.29) is 24.6 Å². The second kappa shape index (κ2) is 13.6. The number of esters is 1. The summed E-state index contributed by atoms with van der Waals surface area (Å²) in [5.41, 5.74) is 3.48. The highest BCUT2D eigenvalue weighted by Gasteiger charge is 2.35. The van der Waals surface area contributed by atoms with Gasteiger partial charge in [-0.3, -0.25) is 9.36 Å². The number of ether oxygens (including phenoxy) is 2. The number of carbonyl (C=O) groups is 1. The number of thiazole rings is 1. The van der Waals surface area contributed by atoms with Gasteiger partial charge in [0.2, 0.25) is 0 Å². The van der Waals surface area contributed by atoms with E-state index in [1.54, 1.807) is 29.7 Å². The molecule has 6 rings (SSSR count). The summed E-state index contributed by atoms with van der Waals surface area (Å²) in [7, 11) is 0. The molecule has 0 saturated carbocycles. The Bertz CT molecular complexity index is 2100. The molecule has 5 aromatic rings. The molecular formula is C35H25BrFIN2O4S. The normalized spacial score (nSPS) is 14.6. The molecule has 10 heteroatoms. The fourth-order valence-corrected chi connectivity index (χ4v) is 7.81. The largest absolute Gasteiger partial charge is 0.487 e. The lowest BCUT2D eigenvalue weighted by Crippen LogP contribution is -2.40. The van der Waals surface area contributed by atoms with Crippen molar-refractivity contribution in [1.82, 2.24) is 4.57 Å². The van der Waals surface area contributed by atoms with Gasteiger partial charge in [-0.25, -0.2) is 14.2 Å². The van der Waals surface area contributed by atoms with Crippen LogP contribution < -0.4 is 19.6 Å². The topological polar surface area (TPSA) is 69.9 Å². The van der Waals surface area contributed by atoms with Gasteiger partial charge in [-0.1, -0.05) is 100 Å². The Kier molecular flexibility index (Phi) is 9.43. The van der Waals surface area contributed by atoms with Crippen molar-refractivity contribution in [2.45, 2.75) is 19.6 Å². The number of hydrogen-bond acceptors (Lipinski definition) is 6. The number of nitrogens with zero attached hydrogens (tertiary/aromatic N) is 2. The van der Waals surface area contributed by atoms with Crippen LogP contribution in [-0.4, -0.2) is 17.1 Å². The van der Waals surface area contributed by atoms with E-state index in [9.17, 15) is 14.0 Å². The van der Waals surface area contributed by atoms with Gasteiger partial charge in [-0.15, -0.1) is 0 Å². The first-order valence-corrected chi connectivity index (χ1v) is 16.7. The summed E-state index contributed by atoms with van der Waals surface area (Å²) in [6.07, 6.45) is 1.79. The molecule has 226 valence electrons. The number of hydrogen-bond donors (Lipinski definition) is 0. The van der Waals surface area contributed by atoms with Crippen molar-refractivity contribution < 1.29 is 18.7 Å². The van der Waals surface area contributed by atoms with Gasteiger partial charge >= 0.3 is 5.97 Å². The van der Waals surface area contributed by atoms with E-state index in [1.165, 1.54) is 23.5 Å². The van der Waals surface area contributed by atoms with Crippen LogP contribution in [0.2, 0.25) is 0 Å². The molecule has 0 spiro atoms. The van der Waals surface area contributed by atoms with Crippen molar-refractivity contribution in [1.29, 1.82) is 0 Å². The van der Waals surface area contributed by atoms with E-state index in [0.29, 0.717) is 31.9 Å². The molecule has 0 unspecified atom stereocenters. The van der Waals surface area contributed by atoms with Crippen LogP contribution in [-0.2, 0) is 16.1 Å². The third-order valence-corrected chi connectivity index (χ3v) is 9.35. The standard InChI is InChI=1S/C35H25BrFIN2O4S/c1-2-43-34(42)29-30(22-9-5-3-6-10-22)39-35-40(31(29)23-11-7-4-8-12-23)33(41)28(45-35)18-24-17-25(36)19-27(38)32(24)44-20-21-13-15-26(37)16-14-21/h3-19,31H,2,20H2,1H3/b28-18-/t31-/m0/s1. The lowest BCUT2D eigenvalue weighted by Gasteiger charge is -2.25. The maximum Gasteiger partial charge on any atom is 0.338 e. The summed E-state index contributed by atoms with van der Waals surface area (Å²) in [4.78, 5) is 33.3. The molecule has 1 aliphatic heterocycles. The minimum atomic E-state index is -0.754. The van der Waals surface area contributed by atoms with Crippen LogP contribution in [0.4, 0.5) is 4.39 Å². The van der Waals surface area contributed by atoms with Crippen LogP contribution in [0.25, 0.3) is 11.8 Å². The van der Waals surface area contributed by atoms with E-state index >= 15 is 0 Å². The molecule has 0 aliphatic carbocycles. The molecule has 4 aromatic carbocycles. The predicted molar refractivity (Wildman–Crippen MR) is 185 cm³/mol. The van der Waals surface area contributed by atoms with Gasteiger partial charge in [-0.05, 0) is 71.0 Å². The molecular weight excluding hydrogens is 770 g/mol. The first-order chi connectivity index (χ1) is 21.8. The molecule has 0 N–H and O–H groups in total. The highest BCUT2D eigenvalue weighted by molar-refractivity contribution is 14.1. The molecule has 2 heterocycles. The van der Waals surface area contributed by atoms with Gasteiger partial charge in [0.25, 0.3) is 5.56 Å². The maximum atomic E-state index is 14.3. The van der Waals surface area contributed by atoms with Crippen molar-refractivity contribution in [2.24, 2.45) is 4.99 Å². The van der Waals surface area contributed by atoms with Crippen LogP contribution in [0.3, 0.4) is 0 Å². The van der Waals surface area contributed by atoms with Crippen LogP contribution in [0.5, 0.6) is 5.75 Å². The molecule has 1 atom stereocenters. The van der Waals surface area contributed by atoms with E-state index in [4.69, 9.17) is 14.5 Å². The minimum Gasteiger partial charge on any atom is -0.487 e. The summed E-state index contributed by atoms with van der Waals surface area (Å²) in [6.45, 7) is 2.15. The Morgan fingerprint density at radius 2 is 1.73 bits per heavy atom. The first-order valence-electron chi connectivity index (χ1n) is 14.0. The number of benzene rings is 4. The SMILES string of the molecule is CCOC(=O)C1=C(c2ccccc2)N=c2s/c(=C\c3cc(Br)cc(I)c3OCc3ccc(F)cc3)c(=O)n2[C@H]1c1ccccc1. The Labute approximate surface area is 284 Å². The zero-order chi connectivity index (χ0) is 31.5. The Balaban J connectivity index is 1.54. The van der Waals surface area contributed by atoms with Crippen LogP contribution in [0, 0.1) is 9.39 Å². The molecule has 0 bridgehead atoms. The van der Waals surface area contributed by atoms with Gasteiger partial charge < -0.3 is 9.47 Å². The van der Waals surface area contributed by atoms with E-state index < -0.39 is 12.0 Å². The average molecular weight is 795 g/mol. The average Bonchev–Trinajstić information content (AvgIpc) is 3.35. The third kappa shape index (κ3) is 6.58. The van der Waals surface area contributed by atoms with Crippen molar-refractivity contribution in [3.05, 3.63) is 158 Å². The van der Waals surface area contributed by atoms with E-state index in [1.807, 2.05) is 72.8 Å². The van der Waals surface area contributed by atoms with Gasteiger partial charge in [0.1, 0.15) is 18.2 Å². The van der Waals surface area contributed by atoms with E-state index in [2.05, 4.69) is 38.5 Å². The summed E-state index contributed by atoms with van der Waals surface area (Å²) in [5, 5.41) is 0. The predicted octanol–water partition coefficient (Wildman–Crippen LogP) is 7.02. The third-order valence-electron chi connectivity index (χ3n) is 7.11. The second-order valence-electron chi connectivity index (χ2n) is 10.1. The molecule has 6 nitrogen and oxygen atoms in total. The summed E-state index contributed by atoms with van der Waals surface area (Å²) in [6, 6.07) is 28.1. The number of fused-ring (bicyclic) bond motifs is 1. The fourth-order valence-electron chi connectivity index (χ4n) is 5.11. The number of halogens is 3. The van der Waals surface area contributed by atoms with Gasteiger partial charge in [-0.2, -0.15) is 0 Å². The molecule has 0 fully saturated rings. The molecule has 0 radical (unpaired) electrons. The van der Waals surface area contributed by atoms with E-state index in [0.717, 1.165) is 24.7 Å². The van der Waals surface area contributed by atoms with Crippen molar-refractivity contribution in [3.8, 4) is 5.75 Å². The maximum absolute atomic E-state index is 14.3. The Morgan fingerprint density at radius 3 is 2.42 bits per heavy atom. The highest BCUT2D eigenvalue weighted by atomic mass is 127. The van der Waals surface area contributed by atoms with Crippen molar-refractivity contribution in [3.63, 3.8) is 0 Å². The lowest BCUT2D eigenvalue weighted by atomic mass is 9.93. The monoisotopic (exact) mass is 794 g/mol. The van der Waals surface area contributed by atoms with Gasteiger partial charge in [0, 0.05) is 15.6 Å². The molecule has 1 aliphatic rings. The molecule has 0 saturated heterocycles. The molecule has 45 heavy (non-hydrogen) atoms. The van der Waals surface area contributed by atoms with Gasteiger partial charge in [0.15, 0.2) is 4.80 Å². The second-order valence-corrected chi connectivity index (χ2v) is 13.2. The molecule has 0 amide bonds. The fraction of sp³-hybridized carbons (Fsp3) is 0.114. The first kappa shape index (κ1) is 31.1. The van der Waals surface area contributed by atoms with Crippen molar-refractivity contribution in [2.75, 3.05) is 6.61 Å². The van der Waals surface area contributed by atoms with Crippen LogP contribution in [0.1, 0.15) is 35.2 Å². The summed E-state index contributed by atoms with van der Waals surface area (Å²) < 4.78 is 28.9. The Hall–Kier alpha value is -3.87. The van der Waals surface area contributed by atoms with Crippen molar-refractivity contribution >= 4 is 67.6 Å². The lowest BCUT2D eigenvalue weighted by molar-refractivity contribution is -0.138. The highest BCUT2D eigenvalue weighted by Crippen LogP contribution is 2.35. The van der Waals surface area contributed by atoms with Gasteiger partial charge in [0.05, 0.1) is 32.0 Å². The number of aromatic nitrogens is 1. The molecule has 1 aromatic heterocycles. The summed E-state index contributed by atoms with van der Waals surface area (Å²) >= 11 is 7.01. The zero-order valence-corrected chi connectivity index (χ0v) is 28.4. The Morgan fingerprint density at radius 1 is 1.04 bits per heavy atom.